The zero-order valence-corrected chi connectivity index (χ0v) is 17.1. The summed E-state index contributed by atoms with van der Waals surface area (Å²) in [5, 5.41) is 0. The Kier molecular flexibility index (Phi) is 10.2. The van der Waals surface area contributed by atoms with Crippen LogP contribution in [-0.2, 0) is 0 Å². The van der Waals surface area contributed by atoms with Crippen LogP contribution in [0, 0.1) is 12.8 Å². The van der Waals surface area contributed by atoms with Crippen LogP contribution in [0.3, 0.4) is 0 Å². The summed E-state index contributed by atoms with van der Waals surface area (Å²) in [5.41, 5.74) is 2.44. The van der Waals surface area contributed by atoms with E-state index in [9.17, 15) is 0 Å². The first-order chi connectivity index (χ1) is 12.1. The van der Waals surface area contributed by atoms with Crippen LogP contribution < -0.4 is 4.78 Å². The summed E-state index contributed by atoms with van der Waals surface area (Å²) in [5.74, 6) is 0.805. The van der Waals surface area contributed by atoms with Crippen LogP contribution in [0.4, 0.5) is 0 Å². The summed E-state index contributed by atoms with van der Waals surface area (Å²) in [6.07, 6.45) is 2.66. The van der Waals surface area contributed by atoms with Crippen LogP contribution >= 0.6 is 11.3 Å². The van der Waals surface area contributed by atoms with Gasteiger partial charge < -0.3 is 4.90 Å². The van der Waals surface area contributed by atoms with Crippen LogP contribution in [0.2, 0.25) is 0 Å². The van der Waals surface area contributed by atoms with Crippen LogP contribution in [0.5, 0.6) is 0 Å². The Morgan fingerprint density at radius 1 is 1.16 bits per heavy atom. The molecule has 1 aliphatic rings. The Labute approximate surface area is 159 Å². The number of piperidine rings is 1. The average Bonchev–Trinajstić information content (AvgIpc) is 3.09. The molecule has 1 aromatic carbocycles. The van der Waals surface area contributed by atoms with Gasteiger partial charge in [-0.1, -0.05) is 57.7 Å². The van der Waals surface area contributed by atoms with Gasteiger partial charge in [0.25, 0.3) is 0 Å². The maximum atomic E-state index is 4.21. The molecule has 2 heterocycles. The van der Waals surface area contributed by atoms with Crippen molar-refractivity contribution in [3.63, 3.8) is 0 Å². The van der Waals surface area contributed by atoms with Gasteiger partial charge in [-0.15, -0.1) is 0 Å². The Morgan fingerprint density at radius 2 is 1.84 bits per heavy atom. The van der Waals surface area contributed by atoms with Gasteiger partial charge in [0, 0.05) is 18.8 Å². The van der Waals surface area contributed by atoms with Gasteiger partial charge in [-0.3, -0.25) is 0 Å². The second-order valence-corrected chi connectivity index (χ2v) is 7.48. The van der Waals surface area contributed by atoms with Crippen molar-refractivity contribution >= 4 is 35.2 Å². The van der Waals surface area contributed by atoms with Crippen molar-refractivity contribution in [3.8, 4) is 0 Å². The Morgan fingerprint density at radius 3 is 2.32 bits per heavy atom. The van der Waals surface area contributed by atoms with E-state index in [-0.39, 0.29) is 0 Å². The fourth-order valence-electron chi connectivity index (χ4n) is 2.81. The monoisotopic (exact) mass is 353 g/mol. The molecule has 1 atom stereocenters. The van der Waals surface area contributed by atoms with Crippen molar-refractivity contribution < 1.29 is 0 Å². The molecule has 0 radical (unpaired) electrons. The number of likely N-dealkylation sites (tertiary alicyclic amines) is 1. The number of hydrogen-bond donors (Lipinski definition) is 0. The van der Waals surface area contributed by atoms with Gasteiger partial charge in [0.1, 0.15) is 0 Å². The van der Waals surface area contributed by atoms with Crippen LogP contribution in [-0.4, -0.2) is 31.4 Å². The van der Waals surface area contributed by atoms with E-state index in [2.05, 4.69) is 74.3 Å². The van der Waals surface area contributed by atoms with Crippen molar-refractivity contribution in [1.29, 1.82) is 0 Å². The molecule has 0 N–H and O–H groups in total. The molecule has 2 aromatic rings. The summed E-state index contributed by atoms with van der Waals surface area (Å²) < 4.78 is 1.25. The number of nitrogens with zero attached hydrogens (tertiary/aromatic N) is 1. The minimum atomic E-state index is 0.805. The molecule has 0 spiro atoms. The minimum Gasteiger partial charge on any atom is -0.371 e. The molecule has 3 heteroatoms. The van der Waals surface area contributed by atoms with E-state index in [1.165, 1.54) is 33.8 Å². The molecular weight excluding hydrogens is 321 g/mol. The molecule has 1 saturated heterocycles. The Bertz CT molecular complexity index is 632. The number of rotatable bonds is 3. The minimum absolute atomic E-state index is 0.805. The van der Waals surface area contributed by atoms with Gasteiger partial charge in [-0.2, -0.15) is 0 Å². The maximum Gasteiger partial charge on any atom is 0.0366 e. The van der Waals surface area contributed by atoms with Crippen molar-refractivity contribution in [3.05, 3.63) is 59.5 Å². The molecule has 0 saturated carbocycles. The molecule has 0 amide bonds. The zero-order valence-electron chi connectivity index (χ0n) is 16.3. The molecular formula is C22H32BNS. The van der Waals surface area contributed by atoms with Gasteiger partial charge in [0.05, 0.1) is 0 Å². The molecule has 1 fully saturated rings. The Hall–Kier alpha value is -1.61. The van der Waals surface area contributed by atoms with E-state index in [1.807, 2.05) is 20.8 Å². The standard InChI is InChI=1S/C14H19N.C6H7BS.C2H6/c1-12-7-6-10-15(11-12)13(2)14-8-4-3-5-9-14;1-5-3-4-6(7-2)8-5;1-2/h3-5,8-9,12H,2,6-7,10-11H2,1H3;3-4H,2H2,1H3;1-2H3. The molecule has 3 rings (SSSR count). The topological polar surface area (TPSA) is 3.24 Å². The van der Waals surface area contributed by atoms with Gasteiger partial charge >= 0.3 is 53.4 Å². The van der Waals surface area contributed by atoms with Crippen molar-refractivity contribution in [1.82, 2.24) is 4.90 Å². The fourth-order valence-corrected chi connectivity index (χ4v) is 3.54. The zero-order chi connectivity index (χ0) is 18.7. The van der Waals surface area contributed by atoms with Gasteiger partial charge in [0.2, 0.25) is 0 Å². The summed E-state index contributed by atoms with van der Waals surface area (Å²) in [6.45, 7) is 20.5. The van der Waals surface area contributed by atoms with E-state index in [4.69, 9.17) is 0 Å². The van der Waals surface area contributed by atoms with Crippen molar-refractivity contribution in [2.75, 3.05) is 13.1 Å². The third-order valence-corrected chi connectivity index (χ3v) is 5.10. The van der Waals surface area contributed by atoms with Crippen LogP contribution in [0.25, 0.3) is 5.70 Å². The summed E-state index contributed by atoms with van der Waals surface area (Å²) >= 11 is 1.77. The first kappa shape index (κ1) is 21.4. The van der Waals surface area contributed by atoms with Gasteiger partial charge in [0.15, 0.2) is 0 Å². The molecule has 1 nitrogen and oxygen atoms in total. The third-order valence-electron chi connectivity index (χ3n) is 4.11. The summed E-state index contributed by atoms with van der Waals surface area (Å²) in [4.78, 5) is 3.77. The van der Waals surface area contributed by atoms with Gasteiger partial charge in [-0.05, 0) is 24.3 Å². The van der Waals surface area contributed by atoms with Crippen LogP contribution in [0.1, 0.15) is 44.1 Å². The van der Waals surface area contributed by atoms with E-state index in [1.54, 1.807) is 11.3 Å². The van der Waals surface area contributed by atoms with Gasteiger partial charge in [-0.25, -0.2) is 0 Å². The number of aryl methyl sites for hydroxylation is 1. The predicted molar refractivity (Wildman–Crippen MR) is 118 cm³/mol. The Balaban J connectivity index is 0.000000264. The van der Waals surface area contributed by atoms with Crippen molar-refractivity contribution in [2.24, 2.45) is 5.92 Å². The molecule has 0 aliphatic carbocycles. The molecule has 1 aliphatic heterocycles. The predicted octanol–water partition coefficient (Wildman–Crippen LogP) is 5.23. The number of hydrogen-bond acceptors (Lipinski definition) is 2. The molecule has 1 aromatic heterocycles. The average molecular weight is 353 g/mol. The van der Waals surface area contributed by atoms with Crippen molar-refractivity contribution in [2.45, 2.75) is 40.5 Å². The number of benzene rings is 1. The van der Waals surface area contributed by atoms with E-state index in [0.717, 1.165) is 19.0 Å². The molecule has 0 bridgehead atoms. The summed E-state index contributed by atoms with van der Waals surface area (Å²) in [6, 6.07) is 14.7. The maximum absolute atomic E-state index is 4.21. The largest absolute Gasteiger partial charge is 0.371 e. The molecule has 25 heavy (non-hydrogen) atoms. The van der Waals surface area contributed by atoms with Crippen LogP contribution in [0.15, 0.2) is 49.0 Å². The van der Waals surface area contributed by atoms with E-state index >= 15 is 0 Å². The second-order valence-electron chi connectivity index (χ2n) is 6.16. The first-order valence-corrected chi connectivity index (χ1v) is 10.1. The number of thiophene rings is 1. The van der Waals surface area contributed by atoms with E-state index in [0.29, 0.717) is 0 Å². The molecule has 134 valence electrons. The summed E-state index contributed by atoms with van der Waals surface area (Å²) in [7, 11) is 0. The normalized spacial score (nSPS) is 15.8. The quantitative estimate of drug-likeness (QED) is 0.683. The van der Waals surface area contributed by atoms with E-state index < -0.39 is 0 Å². The molecule has 1 unspecified atom stereocenters. The first-order valence-electron chi connectivity index (χ1n) is 9.28. The SMILES string of the molecule is C=Bc1ccc(C)s1.C=C(c1ccccc1)N1CCCC(C)C1.CC. The smallest absolute Gasteiger partial charge is 0.0366 e. The third kappa shape index (κ3) is 7.44. The second kappa shape index (κ2) is 11.9. The fraction of sp³-hybridized carbons (Fsp3) is 0.409.